The van der Waals surface area contributed by atoms with E-state index in [-0.39, 0.29) is 12.6 Å². The smallest absolute Gasteiger partial charge is 0.329 e. The van der Waals surface area contributed by atoms with E-state index in [1.165, 1.54) is 16.8 Å². The molecule has 2 aromatic carbocycles. The Labute approximate surface area is 218 Å². The third kappa shape index (κ3) is 6.68. The van der Waals surface area contributed by atoms with E-state index in [2.05, 4.69) is 103 Å². The van der Waals surface area contributed by atoms with Crippen molar-refractivity contribution in [2.75, 3.05) is 13.2 Å². The molecule has 0 spiro atoms. The maximum atomic E-state index is 10.6. The van der Waals surface area contributed by atoms with Gasteiger partial charge in [-0.2, -0.15) is 0 Å². The number of aliphatic carboxylic acids is 1. The molecule has 0 aliphatic rings. The third-order valence-corrected chi connectivity index (χ3v) is 6.28. The first-order valence-corrected chi connectivity index (χ1v) is 12.7. The fourth-order valence-corrected chi connectivity index (χ4v) is 4.26. The van der Waals surface area contributed by atoms with E-state index in [1.54, 1.807) is 0 Å². The van der Waals surface area contributed by atoms with E-state index in [1.807, 2.05) is 0 Å². The van der Waals surface area contributed by atoms with E-state index in [0.717, 1.165) is 47.3 Å². The van der Waals surface area contributed by atoms with Crippen molar-refractivity contribution < 1.29 is 14.6 Å². The minimum atomic E-state index is -0.940. The van der Waals surface area contributed by atoms with Crippen LogP contribution in [0.4, 0.5) is 0 Å². The van der Waals surface area contributed by atoms with Gasteiger partial charge in [-0.25, -0.2) is 9.78 Å². The molecule has 0 fully saturated rings. The van der Waals surface area contributed by atoms with Crippen LogP contribution in [0.2, 0.25) is 0 Å². The number of nitrogens with zero attached hydrogens (tertiary/aromatic N) is 4. The van der Waals surface area contributed by atoms with Crippen LogP contribution in [-0.4, -0.2) is 44.0 Å². The van der Waals surface area contributed by atoms with Gasteiger partial charge in [0.05, 0.1) is 0 Å². The molecule has 2 heterocycles. The average Bonchev–Trinajstić information content (AvgIpc) is 3.31. The van der Waals surface area contributed by atoms with Crippen molar-refractivity contribution in [3.63, 3.8) is 0 Å². The van der Waals surface area contributed by atoms with Gasteiger partial charge >= 0.3 is 5.97 Å². The van der Waals surface area contributed by atoms with Gasteiger partial charge in [-0.05, 0) is 53.0 Å². The molecule has 0 unspecified atom stereocenters. The molecular weight excluding hydrogens is 464 g/mol. The summed E-state index contributed by atoms with van der Waals surface area (Å²) in [7, 11) is 0. The van der Waals surface area contributed by atoms with Crippen LogP contribution in [-0.2, 0) is 16.0 Å². The van der Waals surface area contributed by atoms with Crippen LogP contribution in [0.25, 0.3) is 33.9 Å². The van der Waals surface area contributed by atoms with Gasteiger partial charge in [-0.15, -0.1) is 10.2 Å². The Morgan fingerprint density at radius 1 is 0.892 bits per heavy atom. The van der Waals surface area contributed by atoms with E-state index >= 15 is 0 Å². The Morgan fingerprint density at radius 3 is 2.11 bits per heavy atom. The van der Waals surface area contributed by atoms with Crippen LogP contribution in [0, 0.1) is 13.8 Å². The number of ether oxygens (including phenoxy) is 1. The predicted octanol–water partition coefficient (Wildman–Crippen LogP) is 6.30. The zero-order valence-corrected chi connectivity index (χ0v) is 21.9. The van der Waals surface area contributed by atoms with Crippen molar-refractivity contribution in [3.05, 3.63) is 77.6 Å². The van der Waals surface area contributed by atoms with E-state index in [4.69, 9.17) is 14.8 Å². The van der Waals surface area contributed by atoms with Crippen LogP contribution >= 0.6 is 0 Å². The molecule has 4 rings (SSSR count). The minimum absolute atomic E-state index is 0.251. The van der Waals surface area contributed by atoms with Crippen molar-refractivity contribution in [1.29, 1.82) is 0 Å². The number of aryl methyl sites for hydroxylation is 3. The quantitative estimate of drug-likeness (QED) is 0.244. The summed E-state index contributed by atoms with van der Waals surface area (Å²) in [4.78, 5) is 15.6. The third-order valence-electron chi connectivity index (χ3n) is 6.28. The molecule has 4 aromatic rings. The number of unbranched alkanes of at least 4 members (excludes halogenated alkanes) is 1. The highest BCUT2D eigenvalue weighted by Gasteiger charge is 2.17. The van der Waals surface area contributed by atoms with Crippen molar-refractivity contribution in [1.82, 2.24) is 19.7 Å². The molecule has 0 saturated carbocycles. The summed E-state index contributed by atoms with van der Waals surface area (Å²) in [6.07, 6.45) is 4.65. The zero-order valence-electron chi connectivity index (χ0n) is 21.9. The molecule has 0 amide bonds. The Kier molecular flexibility index (Phi) is 8.46. The Bertz CT molecular complexity index is 1340. The summed E-state index contributed by atoms with van der Waals surface area (Å²) in [6, 6.07) is 19.0. The lowest BCUT2D eigenvalue weighted by molar-refractivity contribution is -0.142. The zero-order chi connectivity index (χ0) is 26.4. The number of hydrogen-bond donors (Lipinski definition) is 1. The number of rotatable bonds is 11. The van der Waals surface area contributed by atoms with Gasteiger partial charge in [-0.1, -0.05) is 59.7 Å². The molecule has 7 heteroatoms. The molecule has 0 radical (unpaired) electrons. The molecule has 2 aromatic heterocycles. The fraction of sp³-hybridized carbons (Fsp3) is 0.333. The molecule has 1 N–H and O–H groups in total. The maximum absolute atomic E-state index is 10.6. The summed E-state index contributed by atoms with van der Waals surface area (Å²) in [5.41, 5.74) is 8.05. The highest BCUT2D eigenvalue weighted by atomic mass is 16.5. The second kappa shape index (κ2) is 11.9. The summed E-state index contributed by atoms with van der Waals surface area (Å²) in [5.74, 6) is -0.345. The van der Waals surface area contributed by atoms with Crippen LogP contribution in [0.1, 0.15) is 49.6 Å². The molecule has 37 heavy (non-hydrogen) atoms. The standard InChI is InChI=1S/C30H34N4O3/c1-20(2)34-18-25(17-26(34)7-5-6-16-37-19-27(35)36)30-31-28(23-12-8-21(3)9-13-23)29(32-33-30)24-14-10-22(4)11-15-24/h8-15,17-18,20H,5-7,16,19H2,1-4H3,(H,35,36). The first-order valence-electron chi connectivity index (χ1n) is 12.7. The van der Waals surface area contributed by atoms with Crippen LogP contribution in [0.5, 0.6) is 0 Å². The summed E-state index contributed by atoms with van der Waals surface area (Å²) in [6.45, 7) is 8.63. The Hall–Kier alpha value is -3.84. The molecule has 0 bridgehead atoms. The Morgan fingerprint density at radius 2 is 1.51 bits per heavy atom. The topological polar surface area (TPSA) is 90.1 Å². The van der Waals surface area contributed by atoms with E-state index in [0.29, 0.717) is 12.4 Å². The number of carbonyl (C=O) groups is 1. The number of benzene rings is 2. The van der Waals surface area contributed by atoms with Gasteiger partial charge in [0.1, 0.15) is 18.0 Å². The van der Waals surface area contributed by atoms with Gasteiger partial charge in [0, 0.05) is 41.2 Å². The molecule has 0 atom stereocenters. The summed E-state index contributed by atoms with van der Waals surface area (Å²) in [5, 5.41) is 17.9. The minimum Gasteiger partial charge on any atom is -0.480 e. The lowest BCUT2D eigenvalue weighted by atomic mass is 10.0. The molecular formula is C30H34N4O3. The van der Waals surface area contributed by atoms with Crippen LogP contribution < -0.4 is 0 Å². The van der Waals surface area contributed by atoms with E-state index < -0.39 is 5.97 Å². The number of hydrogen-bond acceptors (Lipinski definition) is 5. The number of aromatic nitrogens is 4. The maximum Gasteiger partial charge on any atom is 0.329 e. The largest absolute Gasteiger partial charge is 0.480 e. The summed E-state index contributed by atoms with van der Waals surface area (Å²) < 4.78 is 7.41. The SMILES string of the molecule is Cc1ccc(-c2nnc(-c3cc(CCCCOCC(=O)O)n(C(C)C)c3)nc2-c2ccc(C)cc2)cc1. The first kappa shape index (κ1) is 26.2. The van der Waals surface area contributed by atoms with Gasteiger partial charge in [0.25, 0.3) is 0 Å². The number of carboxylic acids is 1. The van der Waals surface area contributed by atoms with Crippen molar-refractivity contribution in [2.24, 2.45) is 0 Å². The van der Waals surface area contributed by atoms with E-state index in [9.17, 15) is 4.79 Å². The van der Waals surface area contributed by atoms with Crippen molar-refractivity contribution >= 4 is 5.97 Å². The van der Waals surface area contributed by atoms with Crippen LogP contribution in [0.15, 0.2) is 60.8 Å². The molecule has 192 valence electrons. The van der Waals surface area contributed by atoms with Gasteiger partial charge in [0.15, 0.2) is 5.82 Å². The second-order valence-electron chi connectivity index (χ2n) is 9.69. The highest BCUT2D eigenvalue weighted by Crippen LogP contribution is 2.31. The highest BCUT2D eigenvalue weighted by molar-refractivity contribution is 5.79. The van der Waals surface area contributed by atoms with Crippen LogP contribution in [0.3, 0.4) is 0 Å². The van der Waals surface area contributed by atoms with Gasteiger partial charge < -0.3 is 14.4 Å². The predicted molar refractivity (Wildman–Crippen MR) is 145 cm³/mol. The molecule has 0 aliphatic heterocycles. The number of carboxylic acid groups (broad SMARTS) is 1. The monoisotopic (exact) mass is 498 g/mol. The van der Waals surface area contributed by atoms with Crippen molar-refractivity contribution in [3.8, 4) is 33.9 Å². The molecule has 0 aliphatic carbocycles. The van der Waals surface area contributed by atoms with Gasteiger partial charge in [0.2, 0.25) is 0 Å². The molecule has 0 saturated heterocycles. The summed E-state index contributed by atoms with van der Waals surface area (Å²) >= 11 is 0. The van der Waals surface area contributed by atoms with Crippen molar-refractivity contribution in [2.45, 2.75) is 53.0 Å². The normalized spacial score (nSPS) is 11.3. The lowest BCUT2D eigenvalue weighted by Crippen LogP contribution is -2.08. The van der Waals surface area contributed by atoms with Gasteiger partial charge in [-0.3, -0.25) is 0 Å². The fourth-order valence-electron chi connectivity index (χ4n) is 4.26. The lowest BCUT2D eigenvalue weighted by Gasteiger charge is -2.12. The molecule has 7 nitrogen and oxygen atoms in total. The first-order chi connectivity index (χ1) is 17.8. The Balaban J connectivity index is 1.65. The second-order valence-corrected chi connectivity index (χ2v) is 9.69. The average molecular weight is 499 g/mol.